The van der Waals surface area contributed by atoms with Crippen molar-refractivity contribution in [2.45, 2.75) is 12.5 Å². The van der Waals surface area contributed by atoms with Crippen LogP contribution in [-0.2, 0) is 0 Å². The second-order valence-corrected chi connectivity index (χ2v) is 6.77. The minimum Gasteiger partial charge on any atom is -0.497 e. The van der Waals surface area contributed by atoms with Crippen molar-refractivity contribution in [3.63, 3.8) is 0 Å². The van der Waals surface area contributed by atoms with Gasteiger partial charge < -0.3 is 9.64 Å². The second-order valence-electron chi connectivity index (χ2n) is 6.41. The molecule has 27 heavy (non-hydrogen) atoms. The van der Waals surface area contributed by atoms with Gasteiger partial charge in [0.25, 0.3) is 0 Å². The smallest absolute Gasteiger partial charge is 0.200 e. The number of hydrogen-bond donors (Lipinski definition) is 0. The largest absolute Gasteiger partial charge is 0.497 e. The highest BCUT2D eigenvalue weighted by molar-refractivity contribution is 7.80. The summed E-state index contributed by atoms with van der Waals surface area (Å²) in [6.07, 6.45) is 0.792. The third-order valence-electron chi connectivity index (χ3n) is 4.78. The van der Waals surface area contributed by atoms with Gasteiger partial charge in [-0.15, -0.1) is 0 Å². The summed E-state index contributed by atoms with van der Waals surface area (Å²) in [4.78, 5) is 6.91. The van der Waals surface area contributed by atoms with E-state index in [1.807, 2.05) is 48.5 Å². The van der Waals surface area contributed by atoms with Crippen LogP contribution in [0, 0.1) is 0 Å². The van der Waals surface area contributed by atoms with Crippen LogP contribution >= 0.6 is 12.2 Å². The molecule has 1 aliphatic heterocycles. The normalized spacial score (nSPS) is 16.8. The molecule has 0 saturated carbocycles. The molecule has 0 radical (unpaired) electrons. The second kappa shape index (κ2) is 7.72. The number of hydrogen-bond acceptors (Lipinski definition) is 2. The third kappa shape index (κ3) is 3.62. The lowest BCUT2D eigenvalue weighted by molar-refractivity contribution is 0.415. The van der Waals surface area contributed by atoms with Gasteiger partial charge in [-0.05, 0) is 47.6 Å². The Bertz CT molecular complexity index is 953. The molecule has 4 heteroatoms. The number of benzene rings is 3. The molecule has 1 heterocycles. The molecular weight excluding hydrogens is 352 g/mol. The highest BCUT2D eigenvalue weighted by atomic mass is 32.1. The highest BCUT2D eigenvalue weighted by Gasteiger charge is 2.30. The SMILES string of the molecule is COc1ccc(N2C(=S)N=C(c3ccccc3)CC2c2ccccc2)cc1. The summed E-state index contributed by atoms with van der Waals surface area (Å²) < 4.78 is 5.29. The zero-order valence-electron chi connectivity index (χ0n) is 15.1. The molecule has 4 rings (SSSR count). The molecule has 0 N–H and O–H groups in total. The molecule has 134 valence electrons. The van der Waals surface area contributed by atoms with Gasteiger partial charge in [0.05, 0.1) is 18.9 Å². The third-order valence-corrected chi connectivity index (χ3v) is 5.06. The van der Waals surface area contributed by atoms with Crippen LogP contribution in [0.1, 0.15) is 23.6 Å². The van der Waals surface area contributed by atoms with E-state index in [9.17, 15) is 0 Å². The van der Waals surface area contributed by atoms with Crippen molar-refractivity contribution >= 4 is 28.7 Å². The molecule has 3 aromatic carbocycles. The number of thiocarbonyl (C=S) groups is 1. The van der Waals surface area contributed by atoms with Crippen molar-refractivity contribution < 1.29 is 4.74 Å². The maximum Gasteiger partial charge on any atom is 0.200 e. The van der Waals surface area contributed by atoms with Gasteiger partial charge in [0.2, 0.25) is 5.11 Å². The molecule has 3 nitrogen and oxygen atoms in total. The first-order valence-corrected chi connectivity index (χ1v) is 9.32. The quantitative estimate of drug-likeness (QED) is 0.572. The number of anilines is 1. The zero-order valence-corrected chi connectivity index (χ0v) is 15.9. The average Bonchev–Trinajstić information content (AvgIpc) is 2.74. The molecule has 0 aliphatic carbocycles. The van der Waals surface area contributed by atoms with Crippen LogP contribution in [0.15, 0.2) is 89.9 Å². The lowest BCUT2D eigenvalue weighted by Crippen LogP contribution is -2.38. The number of aliphatic imine (C=N–C) groups is 1. The van der Waals surface area contributed by atoms with E-state index in [4.69, 9.17) is 21.9 Å². The van der Waals surface area contributed by atoms with E-state index in [2.05, 4.69) is 41.3 Å². The molecule has 0 bridgehead atoms. The fourth-order valence-electron chi connectivity index (χ4n) is 3.41. The lowest BCUT2D eigenvalue weighted by Gasteiger charge is -2.36. The minimum atomic E-state index is 0.0970. The summed E-state index contributed by atoms with van der Waals surface area (Å²) in [5.41, 5.74) is 4.39. The number of nitrogens with zero attached hydrogens (tertiary/aromatic N) is 2. The Labute approximate surface area is 164 Å². The maximum atomic E-state index is 5.73. The molecular formula is C23H20N2OS. The van der Waals surface area contributed by atoms with E-state index in [-0.39, 0.29) is 6.04 Å². The van der Waals surface area contributed by atoms with Gasteiger partial charge in [-0.1, -0.05) is 60.7 Å². The van der Waals surface area contributed by atoms with E-state index in [1.165, 1.54) is 5.56 Å². The van der Waals surface area contributed by atoms with E-state index < -0.39 is 0 Å². The number of ether oxygens (including phenoxy) is 1. The molecule has 0 aromatic heterocycles. The summed E-state index contributed by atoms with van der Waals surface area (Å²) in [5, 5.41) is 0.583. The molecule has 0 saturated heterocycles. The molecule has 0 spiro atoms. The molecule has 1 aliphatic rings. The van der Waals surface area contributed by atoms with Gasteiger partial charge in [-0.3, -0.25) is 0 Å². The molecule has 1 unspecified atom stereocenters. The van der Waals surface area contributed by atoms with Gasteiger partial charge in [-0.2, -0.15) is 0 Å². The predicted octanol–water partition coefficient (Wildman–Crippen LogP) is 5.42. The summed E-state index contributed by atoms with van der Waals surface area (Å²) >= 11 is 5.73. The Balaban J connectivity index is 1.77. The topological polar surface area (TPSA) is 24.8 Å². The van der Waals surface area contributed by atoms with Crippen LogP contribution in [0.25, 0.3) is 0 Å². The summed E-state index contributed by atoms with van der Waals surface area (Å²) in [5.74, 6) is 0.825. The van der Waals surface area contributed by atoms with Crippen molar-refractivity contribution in [1.82, 2.24) is 0 Å². The Hall–Kier alpha value is -2.98. The fraction of sp³-hybridized carbons (Fsp3) is 0.130. The van der Waals surface area contributed by atoms with Crippen LogP contribution < -0.4 is 9.64 Å². The van der Waals surface area contributed by atoms with E-state index in [1.54, 1.807) is 7.11 Å². The first kappa shape index (κ1) is 17.4. The number of methoxy groups -OCH3 is 1. The summed E-state index contributed by atoms with van der Waals surface area (Å²) in [7, 11) is 1.67. The first-order valence-electron chi connectivity index (χ1n) is 8.91. The zero-order chi connectivity index (χ0) is 18.6. The fourth-order valence-corrected chi connectivity index (χ4v) is 3.75. The lowest BCUT2D eigenvalue weighted by atomic mass is 9.94. The van der Waals surface area contributed by atoms with Gasteiger partial charge in [0, 0.05) is 12.1 Å². The molecule has 0 amide bonds. The van der Waals surface area contributed by atoms with E-state index in [0.29, 0.717) is 5.11 Å². The van der Waals surface area contributed by atoms with E-state index in [0.717, 1.165) is 29.1 Å². The van der Waals surface area contributed by atoms with Gasteiger partial charge in [0.1, 0.15) is 5.75 Å². The Morgan fingerprint density at radius 1 is 0.889 bits per heavy atom. The number of rotatable bonds is 4. The van der Waals surface area contributed by atoms with Gasteiger partial charge in [0.15, 0.2) is 0 Å². The average molecular weight is 372 g/mol. The summed E-state index contributed by atoms with van der Waals surface area (Å²) in [6.45, 7) is 0. The Morgan fingerprint density at radius 2 is 1.52 bits per heavy atom. The molecule has 1 atom stereocenters. The molecule has 0 fully saturated rings. The standard InChI is InChI=1S/C23H20N2OS/c1-26-20-14-12-19(13-15-20)25-22(18-10-6-3-7-11-18)16-21(24-23(25)27)17-8-4-2-5-9-17/h2-15,22H,16H2,1H3. The monoisotopic (exact) mass is 372 g/mol. The minimum absolute atomic E-state index is 0.0970. The van der Waals surface area contributed by atoms with Crippen molar-refractivity contribution in [3.8, 4) is 5.75 Å². The van der Waals surface area contributed by atoms with Crippen LogP contribution in [-0.4, -0.2) is 17.9 Å². The van der Waals surface area contributed by atoms with Crippen LogP contribution in [0.4, 0.5) is 5.69 Å². The van der Waals surface area contributed by atoms with Crippen LogP contribution in [0.2, 0.25) is 0 Å². The van der Waals surface area contributed by atoms with Crippen molar-refractivity contribution in [3.05, 3.63) is 96.1 Å². The van der Waals surface area contributed by atoms with Crippen LogP contribution in [0.3, 0.4) is 0 Å². The van der Waals surface area contributed by atoms with Crippen molar-refractivity contribution in [2.75, 3.05) is 12.0 Å². The van der Waals surface area contributed by atoms with Crippen molar-refractivity contribution in [2.24, 2.45) is 4.99 Å². The maximum absolute atomic E-state index is 5.73. The van der Waals surface area contributed by atoms with E-state index >= 15 is 0 Å². The predicted molar refractivity (Wildman–Crippen MR) is 115 cm³/mol. The van der Waals surface area contributed by atoms with Crippen molar-refractivity contribution in [1.29, 1.82) is 0 Å². The van der Waals surface area contributed by atoms with Gasteiger partial charge in [-0.25, -0.2) is 4.99 Å². The Morgan fingerprint density at radius 3 is 2.15 bits per heavy atom. The van der Waals surface area contributed by atoms with Crippen LogP contribution in [0.5, 0.6) is 5.75 Å². The summed E-state index contributed by atoms with van der Waals surface area (Å²) in [6, 6.07) is 28.8. The molecule has 3 aromatic rings. The van der Waals surface area contributed by atoms with Gasteiger partial charge >= 0.3 is 0 Å². The Kier molecular flexibility index (Phi) is 4.99. The first-order chi connectivity index (χ1) is 13.3. The highest BCUT2D eigenvalue weighted by Crippen LogP contribution is 2.35.